The molecule has 0 heterocycles. The number of carbonyl (C=O) groups excluding carboxylic acids is 2. The average molecular weight is 584 g/mol. The lowest BCUT2D eigenvalue weighted by Gasteiger charge is -2.71. The molecule has 0 aliphatic heterocycles. The molecule has 3 saturated carbocycles. The summed E-state index contributed by atoms with van der Waals surface area (Å²) in [5.74, 6) is 1.42. The van der Waals surface area contributed by atoms with E-state index < -0.39 is 5.60 Å². The molecule has 0 N–H and O–H groups in total. The Balaban J connectivity index is 1.38. The largest absolute Gasteiger partial charge is 0.465 e. The van der Waals surface area contributed by atoms with Crippen molar-refractivity contribution in [1.29, 1.82) is 5.26 Å². The summed E-state index contributed by atoms with van der Waals surface area (Å²) < 4.78 is 10.8. The topological polar surface area (TPSA) is 76.4 Å². The molecule has 3 unspecified atom stereocenters. The number of fused-ring (bicyclic) bond motifs is 7. The lowest BCUT2D eigenvalue weighted by Crippen LogP contribution is -2.64. The van der Waals surface area contributed by atoms with Crippen LogP contribution in [0.5, 0.6) is 0 Å². The third kappa shape index (κ3) is 3.93. The first-order valence-corrected chi connectivity index (χ1v) is 16.4. The highest BCUT2D eigenvalue weighted by Gasteiger charge is 2.70. The van der Waals surface area contributed by atoms with E-state index in [1.54, 1.807) is 0 Å². The van der Waals surface area contributed by atoms with Crippen LogP contribution in [0, 0.1) is 56.8 Å². The number of hydrogen-bond acceptors (Lipinski definition) is 5. The molecule has 5 nitrogen and oxygen atoms in total. The fraction of sp³-hybridized carbons (Fsp3) is 0.658. The van der Waals surface area contributed by atoms with E-state index in [1.807, 2.05) is 18.4 Å². The number of rotatable bonds is 4. The molecule has 0 saturated heterocycles. The minimum absolute atomic E-state index is 0.00751. The Morgan fingerprint density at radius 2 is 1.65 bits per heavy atom. The minimum Gasteiger partial charge on any atom is -0.465 e. The van der Waals surface area contributed by atoms with Gasteiger partial charge in [-0.15, -0.1) is 0 Å². The van der Waals surface area contributed by atoms with Crippen LogP contribution in [0.25, 0.3) is 5.57 Å². The second-order valence-corrected chi connectivity index (χ2v) is 16.0. The quantitative estimate of drug-likeness (QED) is 0.262. The van der Waals surface area contributed by atoms with Gasteiger partial charge in [-0.2, -0.15) is 5.26 Å². The second kappa shape index (κ2) is 9.82. The van der Waals surface area contributed by atoms with Crippen molar-refractivity contribution in [3.8, 4) is 6.26 Å². The van der Waals surface area contributed by atoms with Crippen LogP contribution in [0.2, 0.25) is 0 Å². The molecule has 1 aromatic rings. The van der Waals surface area contributed by atoms with Crippen molar-refractivity contribution < 1.29 is 19.1 Å². The van der Waals surface area contributed by atoms with Crippen LogP contribution < -0.4 is 0 Å². The number of benzene rings is 1. The normalized spacial score (nSPS) is 39.6. The molecule has 6 rings (SSSR count). The Morgan fingerprint density at radius 3 is 2.28 bits per heavy atom. The molecule has 0 aromatic heterocycles. The van der Waals surface area contributed by atoms with E-state index in [4.69, 9.17) is 9.47 Å². The molecule has 3 fully saturated rings. The number of allylic oxidation sites excluding steroid dienone is 3. The van der Waals surface area contributed by atoms with E-state index in [9.17, 15) is 14.9 Å². The molecular weight excluding hydrogens is 534 g/mol. The number of ether oxygens (including phenoxy) is 2. The highest BCUT2D eigenvalue weighted by molar-refractivity contribution is 6.01. The third-order valence-electron chi connectivity index (χ3n) is 13.8. The maximum Gasteiger partial charge on any atom is 0.337 e. The predicted octanol–water partition coefficient (Wildman–Crippen LogP) is 8.70. The van der Waals surface area contributed by atoms with Crippen LogP contribution in [0.1, 0.15) is 116 Å². The van der Waals surface area contributed by atoms with Crippen LogP contribution in [0.15, 0.2) is 41.5 Å². The van der Waals surface area contributed by atoms with E-state index in [1.165, 1.54) is 36.7 Å². The Morgan fingerprint density at radius 1 is 0.953 bits per heavy atom. The Kier molecular flexibility index (Phi) is 6.89. The lowest BCUT2D eigenvalue weighted by atomic mass is 9.33. The molecule has 0 bridgehead atoms. The fourth-order valence-corrected chi connectivity index (χ4v) is 11.8. The first kappa shape index (κ1) is 30.2. The first-order valence-electron chi connectivity index (χ1n) is 16.4. The van der Waals surface area contributed by atoms with Crippen molar-refractivity contribution in [3.63, 3.8) is 0 Å². The van der Waals surface area contributed by atoms with Gasteiger partial charge in [0.05, 0.1) is 19.1 Å². The van der Waals surface area contributed by atoms with Crippen molar-refractivity contribution in [2.75, 3.05) is 7.11 Å². The van der Waals surface area contributed by atoms with Crippen molar-refractivity contribution in [1.82, 2.24) is 0 Å². The lowest BCUT2D eigenvalue weighted by molar-refractivity contribution is -0.200. The Labute approximate surface area is 258 Å². The number of carbonyl (C=O) groups is 2. The minimum atomic E-state index is -0.728. The van der Waals surface area contributed by atoms with Gasteiger partial charge in [-0.3, -0.25) is 4.79 Å². The van der Waals surface area contributed by atoms with E-state index in [0.29, 0.717) is 23.8 Å². The van der Waals surface area contributed by atoms with Gasteiger partial charge in [-0.25, -0.2) is 4.79 Å². The number of nitrogens with zero attached hydrogens (tertiary/aromatic N) is 1. The maximum atomic E-state index is 13.5. The number of nitriles is 1. The molecule has 0 spiro atoms. The molecule has 5 aliphatic rings. The van der Waals surface area contributed by atoms with Crippen molar-refractivity contribution in [3.05, 3.63) is 52.6 Å². The Hall–Kier alpha value is -2.87. The van der Waals surface area contributed by atoms with Gasteiger partial charge >= 0.3 is 5.97 Å². The van der Waals surface area contributed by atoms with Crippen molar-refractivity contribution in [2.45, 2.75) is 105 Å². The van der Waals surface area contributed by atoms with E-state index in [2.05, 4.69) is 66.7 Å². The van der Waals surface area contributed by atoms with Crippen LogP contribution in [-0.4, -0.2) is 24.5 Å². The van der Waals surface area contributed by atoms with E-state index in [0.717, 1.165) is 37.7 Å². The summed E-state index contributed by atoms with van der Waals surface area (Å²) in [6.45, 7) is 16.8. The van der Waals surface area contributed by atoms with Gasteiger partial charge in [0.2, 0.25) is 0 Å². The van der Waals surface area contributed by atoms with Gasteiger partial charge in [-0.1, -0.05) is 66.7 Å². The second-order valence-electron chi connectivity index (χ2n) is 16.0. The number of ketones is 1. The summed E-state index contributed by atoms with van der Waals surface area (Å²) in [7, 11) is 1.42. The summed E-state index contributed by atoms with van der Waals surface area (Å²) >= 11 is 0. The SMILES string of the molecule is COC(=O)c1ccc(C2=CC[C@@]3(C)C(CC[C@]4(C)C3CCC3C5=C(C(C)C)C(=O)C[C@]5(OC#N)CC[C@]34C)C2(C)C)cc1. The summed E-state index contributed by atoms with van der Waals surface area (Å²) in [4.78, 5) is 25.5. The standard InChI is InChI=1S/C38H49NO4/c1-23(2)31-28(40)21-38(43-22-39)20-19-36(6)27(32(31)38)13-14-30-35(5)17-15-26(24-9-11-25(12-10-24)33(41)42-8)34(3,4)29(35)16-18-37(30,36)7/h9-12,15,23,27,29-30H,13-14,16-21H2,1-8H3/t27?,29?,30?,35-,36+,37+,38+/m0/s1. The highest BCUT2D eigenvalue weighted by Crippen LogP contribution is 2.76. The first-order chi connectivity index (χ1) is 20.2. The summed E-state index contributed by atoms with van der Waals surface area (Å²) in [6.07, 6.45) is 12.2. The summed E-state index contributed by atoms with van der Waals surface area (Å²) in [5, 5.41) is 9.70. The van der Waals surface area contributed by atoms with Gasteiger partial charge in [-0.05, 0) is 119 Å². The van der Waals surface area contributed by atoms with Crippen LogP contribution in [0.4, 0.5) is 0 Å². The number of Topliss-reactive ketones (excluding diaryl/α,β-unsaturated/α-hetero) is 1. The van der Waals surface area contributed by atoms with Crippen LogP contribution in [0.3, 0.4) is 0 Å². The van der Waals surface area contributed by atoms with Crippen molar-refractivity contribution >= 4 is 17.3 Å². The van der Waals surface area contributed by atoms with E-state index >= 15 is 0 Å². The van der Waals surface area contributed by atoms with Gasteiger partial charge in [0.1, 0.15) is 0 Å². The summed E-state index contributed by atoms with van der Waals surface area (Å²) in [6, 6.07) is 7.95. The molecule has 43 heavy (non-hydrogen) atoms. The smallest absolute Gasteiger partial charge is 0.337 e. The molecule has 0 radical (unpaired) electrons. The molecule has 1 aromatic carbocycles. The number of esters is 1. The van der Waals surface area contributed by atoms with Gasteiger partial charge in [0.25, 0.3) is 6.26 Å². The van der Waals surface area contributed by atoms with Crippen molar-refractivity contribution in [2.24, 2.45) is 45.3 Å². The maximum absolute atomic E-state index is 13.5. The molecule has 7 atom stereocenters. The zero-order chi connectivity index (χ0) is 31.2. The average Bonchev–Trinajstić information content (AvgIpc) is 3.25. The molecule has 5 aliphatic carbocycles. The zero-order valence-corrected chi connectivity index (χ0v) is 27.4. The number of hydrogen-bond donors (Lipinski definition) is 0. The fourth-order valence-electron chi connectivity index (χ4n) is 11.8. The molecule has 230 valence electrons. The molecular formula is C38H49NO4. The molecule has 0 amide bonds. The summed E-state index contributed by atoms with van der Waals surface area (Å²) in [5.41, 5.74) is 4.92. The van der Waals surface area contributed by atoms with E-state index in [-0.39, 0.29) is 45.2 Å². The predicted molar refractivity (Wildman–Crippen MR) is 168 cm³/mol. The highest BCUT2D eigenvalue weighted by atomic mass is 16.5. The monoisotopic (exact) mass is 583 g/mol. The zero-order valence-electron chi connectivity index (χ0n) is 27.4. The number of methoxy groups -OCH3 is 1. The Bertz CT molecular complexity index is 1460. The molecule has 5 heteroatoms. The van der Waals surface area contributed by atoms with Crippen LogP contribution in [-0.2, 0) is 14.3 Å². The van der Waals surface area contributed by atoms with Gasteiger partial charge < -0.3 is 9.47 Å². The third-order valence-corrected chi connectivity index (χ3v) is 13.8. The van der Waals surface area contributed by atoms with Gasteiger partial charge in [0.15, 0.2) is 11.4 Å². The van der Waals surface area contributed by atoms with Crippen LogP contribution >= 0.6 is 0 Å². The van der Waals surface area contributed by atoms with Gasteiger partial charge in [0, 0.05) is 5.57 Å².